The zero-order valence-electron chi connectivity index (χ0n) is 13.6. The Morgan fingerprint density at radius 1 is 1.08 bits per heavy atom. The lowest BCUT2D eigenvalue weighted by Gasteiger charge is -2.07. The van der Waals surface area contributed by atoms with Crippen LogP contribution in [0.1, 0.15) is 16.7 Å². The summed E-state index contributed by atoms with van der Waals surface area (Å²) in [6.07, 6.45) is 1.47. The van der Waals surface area contributed by atoms with Crippen LogP contribution >= 0.6 is 0 Å². The molecule has 0 saturated carbocycles. The van der Waals surface area contributed by atoms with Gasteiger partial charge in [-0.3, -0.25) is 0 Å². The average Bonchev–Trinajstić information content (AvgIpc) is 3.20. The number of benzene rings is 1. The first-order valence-electron chi connectivity index (χ1n) is 7.67. The van der Waals surface area contributed by atoms with Gasteiger partial charge in [0, 0.05) is 11.5 Å². The van der Waals surface area contributed by atoms with Crippen molar-refractivity contribution in [3.8, 4) is 11.7 Å². The van der Waals surface area contributed by atoms with Crippen molar-refractivity contribution >= 4 is 11.0 Å². The minimum absolute atomic E-state index is 0.0909. The van der Waals surface area contributed by atoms with Crippen molar-refractivity contribution < 1.29 is 13.3 Å². The minimum Gasteiger partial charge on any atom is -0.459 e. The number of aryl methyl sites for hydroxylation is 2. The predicted molar refractivity (Wildman–Crippen MR) is 89.5 cm³/mol. The van der Waals surface area contributed by atoms with Crippen molar-refractivity contribution in [2.75, 3.05) is 0 Å². The topological polar surface area (TPSA) is 91.4 Å². The highest BCUT2D eigenvalue weighted by Crippen LogP contribution is 2.22. The first kappa shape index (κ1) is 15.2. The van der Waals surface area contributed by atoms with Crippen molar-refractivity contribution in [2.45, 2.75) is 20.4 Å². The zero-order chi connectivity index (χ0) is 17.6. The molecule has 0 N–H and O–H groups in total. The van der Waals surface area contributed by atoms with Gasteiger partial charge in [-0.25, -0.2) is 9.59 Å². The van der Waals surface area contributed by atoms with Gasteiger partial charge in [0.25, 0.3) is 5.89 Å². The maximum Gasteiger partial charge on any atom is 0.437 e. The zero-order valence-corrected chi connectivity index (χ0v) is 13.6. The minimum atomic E-state index is -0.628. The second-order valence-electron chi connectivity index (χ2n) is 5.83. The van der Waals surface area contributed by atoms with E-state index in [0.29, 0.717) is 16.9 Å². The van der Waals surface area contributed by atoms with Crippen LogP contribution in [-0.4, -0.2) is 9.78 Å². The summed E-state index contributed by atoms with van der Waals surface area (Å²) in [6, 6.07) is 8.44. The summed E-state index contributed by atoms with van der Waals surface area (Å²) in [5.41, 5.74) is 2.72. The molecule has 0 radical (unpaired) electrons. The van der Waals surface area contributed by atoms with Crippen LogP contribution in [-0.2, 0) is 6.54 Å². The van der Waals surface area contributed by atoms with Gasteiger partial charge in [0.15, 0.2) is 5.76 Å². The van der Waals surface area contributed by atoms with Crippen molar-refractivity contribution in [2.24, 2.45) is 0 Å². The molecule has 4 rings (SSSR count). The number of hydrogen-bond acceptors (Lipinski definition) is 6. The van der Waals surface area contributed by atoms with Gasteiger partial charge >= 0.3 is 11.4 Å². The van der Waals surface area contributed by atoms with Gasteiger partial charge in [0.05, 0.1) is 12.8 Å². The lowest BCUT2D eigenvalue weighted by Crippen LogP contribution is -2.17. The van der Waals surface area contributed by atoms with E-state index in [1.54, 1.807) is 12.1 Å². The summed E-state index contributed by atoms with van der Waals surface area (Å²) < 4.78 is 16.7. The van der Waals surface area contributed by atoms with Crippen molar-refractivity contribution in [3.63, 3.8) is 0 Å². The van der Waals surface area contributed by atoms with E-state index in [1.807, 2.05) is 26.0 Å². The highest BCUT2D eigenvalue weighted by atomic mass is 16.4. The van der Waals surface area contributed by atoms with Crippen LogP contribution in [0.3, 0.4) is 0 Å². The molecule has 7 heteroatoms. The van der Waals surface area contributed by atoms with E-state index in [4.69, 9.17) is 13.3 Å². The third-order valence-electron chi connectivity index (χ3n) is 4.10. The summed E-state index contributed by atoms with van der Waals surface area (Å²) in [4.78, 5) is 23.9. The predicted octanol–water partition coefficient (Wildman–Crippen LogP) is 2.87. The molecular weight excluding hydrogens is 324 g/mol. The fourth-order valence-corrected chi connectivity index (χ4v) is 2.68. The Bertz CT molecular complexity index is 1180. The molecule has 0 aliphatic heterocycles. The van der Waals surface area contributed by atoms with Gasteiger partial charge in [-0.2, -0.15) is 4.68 Å². The Morgan fingerprint density at radius 3 is 2.64 bits per heavy atom. The van der Waals surface area contributed by atoms with E-state index in [1.165, 1.54) is 12.3 Å². The van der Waals surface area contributed by atoms with Crippen LogP contribution in [0, 0.1) is 13.8 Å². The number of nitrogens with zero attached hydrogens (tertiary/aromatic N) is 2. The fraction of sp³-hybridized carbons (Fsp3) is 0.167. The smallest absolute Gasteiger partial charge is 0.437 e. The Labute approximate surface area is 141 Å². The molecule has 0 spiro atoms. The molecule has 3 aromatic heterocycles. The van der Waals surface area contributed by atoms with Crippen LogP contribution in [0.2, 0.25) is 0 Å². The molecular formula is C18H14N2O5. The maximum atomic E-state index is 12.1. The molecule has 0 bridgehead atoms. The molecule has 7 nitrogen and oxygen atoms in total. The molecule has 0 aliphatic carbocycles. The molecule has 0 fully saturated rings. The summed E-state index contributed by atoms with van der Waals surface area (Å²) >= 11 is 0. The highest BCUT2D eigenvalue weighted by molar-refractivity contribution is 5.81. The van der Waals surface area contributed by atoms with Gasteiger partial charge in [-0.1, -0.05) is 0 Å². The highest BCUT2D eigenvalue weighted by Gasteiger charge is 2.15. The molecule has 0 saturated heterocycles. The molecule has 0 aliphatic rings. The van der Waals surface area contributed by atoms with E-state index in [2.05, 4.69) is 5.10 Å². The second kappa shape index (κ2) is 5.62. The molecule has 126 valence electrons. The molecule has 3 heterocycles. The van der Waals surface area contributed by atoms with Crippen molar-refractivity contribution in [1.82, 2.24) is 9.78 Å². The van der Waals surface area contributed by atoms with Crippen LogP contribution in [0.5, 0.6) is 0 Å². The van der Waals surface area contributed by atoms with Crippen LogP contribution < -0.4 is 11.4 Å². The Kier molecular flexibility index (Phi) is 3.42. The quantitative estimate of drug-likeness (QED) is 0.533. The molecule has 0 unspecified atom stereocenters. The van der Waals surface area contributed by atoms with Gasteiger partial charge in [-0.05, 0) is 54.8 Å². The van der Waals surface area contributed by atoms with Gasteiger partial charge in [0.2, 0.25) is 0 Å². The monoisotopic (exact) mass is 338 g/mol. The lowest BCUT2D eigenvalue weighted by molar-refractivity contribution is 0.476. The number of rotatable bonds is 3. The molecule has 1 aromatic carbocycles. The summed E-state index contributed by atoms with van der Waals surface area (Å²) in [6.45, 7) is 4.01. The van der Waals surface area contributed by atoms with Crippen LogP contribution in [0.4, 0.5) is 0 Å². The van der Waals surface area contributed by atoms with E-state index < -0.39 is 11.4 Å². The fourth-order valence-electron chi connectivity index (χ4n) is 2.68. The van der Waals surface area contributed by atoms with E-state index >= 15 is 0 Å². The van der Waals surface area contributed by atoms with E-state index in [9.17, 15) is 9.59 Å². The normalized spacial score (nSPS) is 11.3. The first-order valence-corrected chi connectivity index (χ1v) is 7.67. The molecule has 4 aromatic rings. The van der Waals surface area contributed by atoms with Gasteiger partial charge in [-0.15, -0.1) is 5.10 Å². The third kappa shape index (κ3) is 2.69. The summed E-state index contributed by atoms with van der Waals surface area (Å²) in [5.74, 6) is -0.175. The Morgan fingerprint density at radius 2 is 1.88 bits per heavy atom. The number of furan rings is 1. The van der Waals surface area contributed by atoms with E-state index in [0.717, 1.165) is 21.2 Å². The second-order valence-corrected chi connectivity index (χ2v) is 5.83. The van der Waals surface area contributed by atoms with Crippen LogP contribution in [0.15, 0.2) is 59.4 Å². The molecule has 25 heavy (non-hydrogen) atoms. The van der Waals surface area contributed by atoms with Crippen molar-refractivity contribution in [3.05, 3.63) is 74.3 Å². The van der Waals surface area contributed by atoms with Crippen molar-refractivity contribution in [1.29, 1.82) is 0 Å². The largest absolute Gasteiger partial charge is 0.459 e. The maximum absolute atomic E-state index is 12.1. The molecule has 0 amide bonds. The Balaban J connectivity index is 1.82. The number of aromatic nitrogens is 2. The van der Waals surface area contributed by atoms with E-state index in [-0.39, 0.29) is 12.4 Å². The van der Waals surface area contributed by atoms with Crippen LogP contribution in [0.25, 0.3) is 22.6 Å². The molecule has 0 atom stereocenters. The Hall–Kier alpha value is -3.35. The third-order valence-corrected chi connectivity index (χ3v) is 4.10. The van der Waals surface area contributed by atoms with Gasteiger partial charge in [0.1, 0.15) is 5.58 Å². The standard InChI is InChI=1S/C18H14N2O5/c1-10-6-13-12(8-16(21)24-15(13)7-11(10)2)9-20-18(22)25-17(19-20)14-4-3-5-23-14/h3-8H,9H2,1-2H3. The number of fused-ring (bicyclic) bond motifs is 1. The SMILES string of the molecule is Cc1cc2oc(=O)cc(Cn3nc(-c4ccco4)oc3=O)c2cc1C. The first-order chi connectivity index (χ1) is 12.0. The lowest BCUT2D eigenvalue weighted by atomic mass is 10.0. The number of hydrogen-bond donors (Lipinski definition) is 0. The summed E-state index contributed by atoms with van der Waals surface area (Å²) in [5, 5.41) is 4.90. The van der Waals surface area contributed by atoms with Gasteiger partial charge < -0.3 is 13.3 Å². The average molecular weight is 338 g/mol. The summed E-state index contributed by atoms with van der Waals surface area (Å²) in [7, 11) is 0.